The van der Waals surface area contributed by atoms with Crippen LogP contribution in [0.3, 0.4) is 0 Å². The number of allylic oxidation sites excluding steroid dienone is 3. The largest absolute Gasteiger partial charge is 0.458 e. The first-order valence-electron chi connectivity index (χ1n) is 11.2. The van der Waals surface area contributed by atoms with Crippen molar-refractivity contribution < 1.29 is 19.0 Å². The number of nitrogens with one attached hydrogen (secondary N) is 2. The fourth-order valence-corrected chi connectivity index (χ4v) is 3.81. The van der Waals surface area contributed by atoms with E-state index in [0.717, 1.165) is 5.56 Å². The van der Waals surface area contributed by atoms with Crippen molar-refractivity contribution in [2.75, 3.05) is 23.7 Å². The normalized spacial score (nSPS) is 16.8. The maximum Gasteiger partial charge on any atom is 0.458 e. The predicted octanol–water partition coefficient (Wildman–Crippen LogP) is 5.63. The van der Waals surface area contributed by atoms with E-state index in [2.05, 4.69) is 21.7 Å². The molecule has 1 aromatic heterocycles. The second-order valence-corrected chi connectivity index (χ2v) is 8.18. The number of pyridine rings is 1. The molecule has 1 atom stereocenters. The van der Waals surface area contributed by atoms with Crippen molar-refractivity contribution in [2.45, 2.75) is 13.3 Å². The van der Waals surface area contributed by atoms with Crippen LogP contribution in [-0.2, 0) is 6.42 Å². The molecule has 0 radical (unpaired) electrons. The Morgan fingerprint density at radius 2 is 2.03 bits per heavy atom. The van der Waals surface area contributed by atoms with Crippen LogP contribution >= 0.6 is 0 Å². The van der Waals surface area contributed by atoms with Crippen molar-refractivity contribution in [1.82, 2.24) is 4.98 Å². The van der Waals surface area contributed by atoms with Gasteiger partial charge < -0.3 is 5.32 Å². The van der Waals surface area contributed by atoms with Gasteiger partial charge in [0.25, 0.3) is 0 Å². The fourth-order valence-electron chi connectivity index (χ4n) is 3.81. The van der Waals surface area contributed by atoms with Crippen molar-refractivity contribution >= 4 is 17.5 Å². The molecule has 0 aliphatic carbocycles. The average Bonchev–Trinajstić information content (AvgIpc) is 2.86. The number of amides is 2. The van der Waals surface area contributed by atoms with E-state index in [1.807, 2.05) is 12.1 Å². The number of anilines is 2. The topological polar surface area (TPSA) is 98.0 Å². The van der Waals surface area contributed by atoms with E-state index in [-0.39, 0.29) is 12.4 Å². The number of benzene rings is 2. The van der Waals surface area contributed by atoms with Gasteiger partial charge in [-0.2, -0.15) is 5.26 Å². The molecule has 0 saturated carbocycles. The monoisotopic (exact) mass is 470 g/mol. The van der Waals surface area contributed by atoms with Gasteiger partial charge in [0.2, 0.25) is 0 Å². The molecule has 2 aromatic carbocycles. The molecule has 1 aliphatic heterocycles. The number of quaternary nitrogens is 1. The van der Waals surface area contributed by atoms with Gasteiger partial charge in [0, 0.05) is 19.0 Å². The minimum Gasteiger partial charge on any atom is -0.368 e. The van der Waals surface area contributed by atoms with Crippen LogP contribution in [-0.4, -0.2) is 34.0 Å². The highest BCUT2D eigenvalue weighted by molar-refractivity contribution is 5.89. The quantitative estimate of drug-likeness (QED) is 0.321. The van der Waals surface area contributed by atoms with Gasteiger partial charge in [-0.25, -0.2) is 19.4 Å². The lowest BCUT2D eigenvalue weighted by Gasteiger charge is -2.28. The molecule has 2 amide bonds. The molecule has 0 bridgehead atoms. The smallest absolute Gasteiger partial charge is 0.368 e. The minimum atomic E-state index is -0.891. The fraction of sp³-hybridized carbons (Fsp3) is 0.148. The molecule has 176 valence electrons. The number of carbonyl (C=O) groups excluding carboxylic acids is 1. The number of aromatic nitrogens is 1. The van der Waals surface area contributed by atoms with Crippen LogP contribution < -0.4 is 10.6 Å². The van der Waals surface area contributed by atoms with Gasteiger partial charge in [-0.05, 0) is 54.5 Å². The second kappa shape index (κ2) is 10.3. The number of nitrogens with zero attached hydrogens (tertiary/aromatic N) is 3. The summed E-state index contributed by atoms with van der Waals surface area (Å²) in [6, 6.07) is 18.4. The van der Waals surface area contributed by atoms with Gasteiger partial charge in [0.15, 0.2) is 5.82 Å². The molecule has 0 spiro atoms. The van der Waals surface area contributed by atoms with E-state index in [1.165, 1.54) is 12.1 Å². The molecule has 8 heteroatoms. The first-order valence-corrected chi connectivity index (χ1v) is 11.2. The van der Waals surface area contributed by atoms with Crippen LogP contribution in [0.25, 0.3) is 11.3 Å². The first-order chi connectivity index (χ1) is 16.9. The Hall–Kier alpha value is -4.32. The summed E-state index contributed by atoms with van der Waals surface area (Å²) in [5, 5.41) is 26.4. The van der Waals surface area contributed by atoms with Crippen molar-refractivity contribution in [3.8, 4) is 17.3 Å². The highest BCUT2D eigenvalue weighted by atomic mass is 19.1. The molecule has 2 heterocycles. The molecule has 1 aliphatic rings. The zero-order valence-electron chi connectivity index (χ0n) is 19.2. The number of carbonyl (C=O) groups is 1. The molecular weight excluding hydrogens is 445 g/mol. The zero-order chi connectivity index (χ0) is 24.8. The van der Waals surface area contributed by atoms with E-state index in [1.54, 1.807) is 61.5 Å². The van der Waals surface area contributed by atoms with Crippen molar-refractivity contribution in [3.05, 3.63) is 102 Å². The third kappa shape index (κ3) is 5.27. The van der Waals surface area contributed by atoms with Gasteiger partial charge in [-0.15, -0.1) is 0 Å². The SMILES string of the molecule is CC1=CC=CC[N+]1(O)C(=O)Nc1ccc(-c2ccccc2C#N)nc1NCCc1cccc(F)c1. The first kappa shape index (κ1) is 23.8. The molecule has 1 unspecified atom stereocenters. The Balaban J connectivity index is 1.63. The lowest BCUT2D eigenvalue weighted by molar-refractivity contribution is -1.00. The number of halogens is 1. The number of urea groups is 1. The maximum atomic E-state index is 13.5. The Bertz CT molecular complexity index is 1360. The van der Waals surface area contributed by atoms with E-state index in [4.69, 9.17) is 0 Å². The van der Waals surface area contributed by atoms with Gasteiger partial charge >= 0.3 is 6.03 Å². The number of rotatable bonds is 6. The van der Waals surface area contributed by atoms with Crippen molar-refractivity contribution in [1.29, 1.82) is 5.26 Å². The van der Waals surface area contributed by atoms with E-state index < -0.39 is 10.7 Å². The highest BCUT2D eigenvalue weighted by Crippen LogP contribution is 2.29. The van der Waals surface area contributed by atoms with Crippen LogP contribution in [0.4, 0.5) is 20.7 Å². The maximum absolute atomic E-state index is 13.5. The molecule has 35 heavy (non-hydrogen) atoms. The van der Waals surface area contributed by atoms with Crippen LogP contribution in [0.1, 0.15) is 18.1 Å². The number of hydroxylamine groups is 3. The summed E-state index contributed by atoms with van der Waals surface area (Å²) < 4.78 is 12.6. The van der Waals surface area contributed by atoms with Crippen LogP contribution in [0.5, 0.6) is 0 Å². The van der Waals surface area contributed by atoms with Gasteiger partial charge in [-0.3, -0.25) is 5.32 Å². The zero-order valence-corrected chi connectivity index (χ0v) is 19.2. The van der Waals surface area contributed by atoms with Crippen molar-refractivity contribution in [3.63, 3.8) is 0 Å². The number of hydrogen-bond donors (Lipinski definition) is 3. The molecular formula is C27H25FN5O2+. The minimum absolute atomic E-state index is 0.109. The van der Waals surface area contributed by atoms with E-state index in [0.29, 0.717) is 47.0 Å². The molecule has 3 aromatic rings. The molecule has 7 nitrogen and oxygen atoms in total. The Labute approximate surface area is 203 Å². The summed E-state index contributed by atoms with van der Waals surface area (Å²) >= 11 is 0. The van der Waals surface area contributed by atoms with Crippen molar-refractivity contribution in [2.24, 2.45) is 0 Å². The Morgan fingerprint density at radius 3 is 2.80 bits per heavy atom. The Morgan fingerprint density at radius 1 is 1.20 bits per heavy atom. The average molecular weight is 471 g/mol. The van der Waals surface area contributed by atoms with Crippen LogP contribution in [0.2, 0.25) is 0 Å². The lowest BCUT2D eigenvalue weighted by atomic mass is 10.0. The van der Waals surface area contributed by atoms with Gasteiger partial charge in [-0.1, -0.05) is 41.1 Å². The van der Waals surface area contributed by atoms with E-state index in [9.17, 15) is 19.7 Å². The molecule has 3 N–H and O–H groups in total. The highest BCUT2D eigenvalue weighted by Gasteiger charge is 2.39. The van der Waals surface area contributed by atoms with Gasteiger partial charge in [0.1, 0.15) is 18.1 Å². The molecule has 4 rings (SSSR count). The van der Waals surface area contributed by atoms with Crippen LogP contribution in [0.15, 0.2) is 84.6 Å². The molecule has 0 fully saturated rings. The number of nitriles is 1. The Kier molecular flexibility index (Phi) is 7.01. The lowest BCUT2D eigenvalue weighted by Crippen LogP contribution is -2.51. The third-order valence-electron chi connectivity index (χ3n) is 5.82. The van der Waals surface area contributed by atoms with Crippen LogP contribution in [0, 0.1) is 17.1 Å². The summed E-state index contributed by atoms with van der Waals surface area (Å²) in [5.74, 6) is 0.0698. The summed E-state index contributed by atoms with van der Waals surface area (Å²) in [6.07, 6.45) is 5.71. The van der Waals surface area contributed by atoms with E-state index >= 15 is 0 Å². The standard InChI is InChI=1S/C27H24FN5O2/c1-19-7-4-5-16-33(19,35)27(34)32-25-13-12-24(23-11-3-2-9-21(23)18-29)31-26(25)30-15-14-20-8-6-10-22(28)17-20/h2-13,17,35H,14-16H2,1H3,(H-,30,31,32,34)/p+1. The second-order valence-electron chi connectivity index (χ2n) is 8.18. The summed E-state index contributed by atoms with van der Waals surface area (Å²) in [5.41, 5.74) is 3.36. The third-order valence-corrected chi connectivity index (χ3v) is 5.82. The molecule has 0 saturated heterocycles. The number of hydrogen-bond acceptors (Lipinski definition) is 5. The summed E-state index contributed by atoms with van der Waals surface area (Å²) in [4.78, 5) is 17.7. The summed E-state index contributed by atoms with van der Waals surface area (Å²) in [7, 11) is 0. The predicted molar refractivity (Wildman–Crippen MR) is 132 cm³/mol. The summed E-state index contributed by atoms with van der Waals surface area (Å²) in [6.45, 7) is 2.21. The van der Waals surface area contributed by atoms with Gasteiger partial charge in [0.05, 0.1) is 23.0 Å².